The molecule has 0 nitrogen and oxygen atoms in total. The molecule has 0 saturated heterocycles. The molecule has 0 aromatic carbocycles. The summed E-state index contributed by atoms with van der Waals surface area (Å²) in [5.41, 5.74) is 0. The molecular formula is C12H23Br. The van der Waals surface area contributed by atoms with Crippen LogP contribution < -0.4 is 0 Å². The van der Waals surface area contributed by atoms with Crippen LogP contribution in [0.15, 0.2) is 0 Å². The zero-order chi connectivity index (χ0) is 9.84. The van der Waals surface area contributed by atoms with Crippen LogP contribution in [0.1, 0.15) is 52.9 Å². The van der Waals surface area contributed by atoms with Gasteiger partial charge in [0.15, 0.2) is 0 Å². The molecule has 1 aliphatic carbocycles. The van der Waals surface area contributed by atoms with Crippen molar-refractivity contribution < 1.29 is 0 Å². The van der Waals surface area contributed by atoms with Gasteiger partial charge in [-0.05, 0) is 30.6 Å². The molecule has 0 aliphatic heterocycles. The smallest absolute Gasteiger partial charge is 0.0197 e. The molecule has 0 aromatic heterocycles. The SMILES string of the molecule is CCC1CCCC(C(Br)C(C)C)C1. The maximum absolute atomic E-state index is 3.86. The molecular weight excluding hydrogens is 224 g/mol. The van der Waals surface area contributed by atoms with E-state index < -0.39 is 0 Å². The Morgan fingerprint density at radius 1 is 1.31 bits per heavy atom. The molecule has 0 N–H and O–H groups in total. The molecule has 0 heterocycles. The molecule has 3 atom stereocenters. The molecule has 13 heavy (non-hydrogen) atoms. The Hall–Kier alpha value is 0.480. The van der Waals surface area contributed by atoms with E-state index in [9.17, 15) is 0 Å². The maximum Gasteiger partial charge on any atom is 0.0197 e. The standard InChI is InChI=1S/C12H23Br/c1-4-10-6-5-7-11(8-10)12(13)9(2)3/h9-12H,4-8H2,1-3H3. The Morgan fingerprint density at radius 2 is 2.00 bits per heavy atom. The Balaban J connectivity index is 2.41. The Morgan fingerprint density at radius 3 is 2.54 bits per heavy atom. The van der Waals surface area contributed by atoms with Crippen molar-refractivity contribution in [3.8, 4) is 0 Å². The topological polar surface area (TPSA) is 0 Å². The Kier molecular flexibility index (Phi) is 4.78. The largest absolute Gasteiger partial charge is 0.0885 e. The average molecular weight is 247 g/mol. The van der Waals surface area contributed by atoms with Crippen molar-refractivity contribution in [2.24, 2.45) is 17.8 Å². The number of halogens is 1. The van der Waals surface area contributed by atoms with Crippen LogP contribution in [0.5, 0.6) is 0 Å². The van der Waals surface area contributed by atoms with E-state index in [-0.39, 0.29) is 0 Å². The van der Waals surface area contributed by atoms with E-state index in [1.165, 1.54) is 32.1 Å². The first kappa shape index (κ1) is 11.6. The number of alkyl halides is 1. The monoisotopic (exact) mass is 246 g/mol. The summed E-state index contributed by atoms with van der Waals surface area (Å²) in [6, 6.07) is 0. The zero-order valence-electron chi connectivity index (χ0n) is 9.22. The van der Waals surface area contributed by atoms with Gasteiger partial charge in [-0.1, -0.05) is 56.0 Å². The molecule has 1 saturated carbocycles. The van der Waals surface area contributed by atoms with Crippen LogP contribution >= 0.6 is 15.9 Å². The summed E-state index contributed by atoms with van der Waals surface area (Å²) in [7, 11) is 0. The van der Waals surface area contributed by atoms with Gasteiger partial charge in [-0.3, -0.25) is 0 Å². The summed E-state index contributed by atoms with van der Waals surface area (Å²) in [4.78, 5) is 0.752. The van der Waals surface area contributed by atoms with Crippen molar-refractivity contribution in [3.05, 3.63) is 0 Å². The van der Waals surface area contributed by atoms with Crippen LogP contribution in [-0.2, 0) is 0 Å². The third-order valence-corrected chi connectivity index (χ3v) is 5.29. The molecule has 0 spiro atoms. The van der Waals surface area contributed by atoms with Crippen LogP contribution in [0.4, 0.5) is 0 Å². The summed E-state index contributed by atoms with van der Waals surface area (Å²) >= 11 is 3.86. The summed E-state index contributed by atoms with van der Waals surface area (Å²) in [5.74, 6) is 2.75. The van der Waals surface area contributed by atoms with Gasteiger partial charge < -0.3 is 0 Å². The highest BCUT2D eigenvalue weighted by Gasteiger charge is 2.27. The van der Waals surface area contributed by atoms with Gasteiger partial charge in [-0.2, -0.15) is 0 Å². The van der Waals surface area contributed by atoms with E-state index in [4.69, 9.17) is 0 Å². The minimum absolute atomic E-state index is 0.752. The highest BCUT2D eigenvalue weighted by Crippen LogP contribution is 2.37. The minimum atomic E-state index is 0.752. The molecule has 0 aromatic rings. The molecule has 1 heteroatoms. The minimum Gasteiger partial charge on any atom is -0.0885 e. The van der Waals surface area contributed by atoms with E-state index in [0.717, 1.165) is 22.6 Å². The van der Waals surface area contributed by atoms with Crippen molar-refractivity contribution in [2.45, 2.75) is 57.7 Å². The molecule has 78 valence electrons. The number of rotatable bonds is 3. The first-order chi connectivity index (χ1) is 6.15. The third kappa shape index (κ3) is 3.27. The summed E-state index contributed by atoms with van der Waals surface area (Å²) in [6.45, 7) is 7.00. The van der Waals surface area contributed by atoms with Gasteiger partial charge in [0.2, 0.25) is 0 Å². The van der Waals surface area contributed by atoms with Crippen LogP contribution in [0.2, 0.25) is 0 Å². The van der Waals surface area contributed by atoms with Gasteiger partial charge in [0, 0.05) is 4.83 Å². The van der Waals surface area contributed by atoms with Crippen molar-refractivity contribution >= 4 is 15.9 Å². The maximum atomic E-state index is 3.86. The van der Waals surface area contributed by atoms with E-state index >= 15 is 0 Å². The van der Waals surface area contributed by atoms with Gasteiger partial charge in [-0.15, -0.1) is 0 Å². The van der Waals surface area contributed by atoms with Gasteiger partial charge in [0.05, 0.1) is 0 Å². The second kappa shape index (κ2) is 5.38. The predicted molar refractivity (Wildman–Crippen MR) is 63.3 cm³/mol. The molecule has 0 radical (unpaired) electrons. The molecule has 0 bridgehead atoms. The Bertz CT molecular complexity index is 142. The Labute approximate surface area is 91.6 Å². The summed E-state index contributed by atoms with van der Waals surface area (Å²) in [5, 5.41) is 0. The normalized spacial score (nSPS) is 32.1. The van der Waals surface area contributed by atoms with E-state index in [2.05, 4.69) is 36.7 Å². The molecule has 1 fully saturated rings. The van der Waals surface area contributed by atoms with Crippen molar-refractivity contribution in [2.75, 3.05) is 0 Å². The van der Waals surface area contributed by atoms with Crippen LogP contribution in [-0.4, -0.2) is 4.83 Å². The second-order valence-electron chi connectivity index (χ2n) is 4.89. The van der Waals surface area contributed by atoms with Crippen molar-refractivity contribution in [3.63, 3.8) is 0 Å². The highest BCUT2D eigenvalue weighted by atomic mass is 79.9. The van der Waals surface area contributed by atoms with E-state index in [1.807, 2.05) is 0 Å². The van der Waals surface area contributed by atoms with Crippen LogP contribution in [0.3, 0.4) is 0 Å². The molecule has 0 amide bonds. The lowest BCUT2D eigenvalue weighted by molar-refractivity contribution is 0.241. The summed E-state index contributed by atoms with van der Waals surface area (Å²) < 4.78 is 0. The summed E-state index contributed by atoms with van der Waals surface area (Å²) in [6.07, 6.45) is 7.23. The fraction of sp³-hybridized carbons (Fsp3) is 1.00. The lowest BCUT2D eigenvalue weighted by Crippen LogP contribution is -2.26. The highest BCUT2D eigenvalue weighted by molar-refractivity contribution is 9.09. The van der Waals surface area contributed by atoms with Crippen molar-refractivity contribution in [1.82, 2.24) is 0 Å². The quantitative estimate of drug-likeness (QED) is 0.638. The fourth-order valence-electron chi connectivity index (χ4n) is 2.54. The van der Waals surface area contributed by atoms with Gasteiger partial charge in [-0.25, -0.2) is 0 Å². The van der Waals surface area contributed by atoms with Crippen LogP contribution in [0, 0.1) is 17.8 Å². The number of hydrogen-bond acceptors (Lipinski definition) is 0. The van der Waals surface area contributed by atoms with Gasteiger partial charge >= 0.3 is 0 Å². The molecule has 3 unspecified atom stereocenters. The van der Waals surface area contributed by atoms with Gasteiger partial charge in [0.25, 0.3) is 0 Å². The lowest BCUT2D eigenvalue weighted by atomic mass is 9.77. The average Bonchev–Trinajstić information content (AvgIpc) is 2.16. The second-order valence-corrected chi connectivity index (χ2v) is 5.95. The van der Waals surface area contributed by atoms with Crippen LogP contribution in [0.25, 0.3) is 0 Å². The van der Waals surface area contributed by atoms with E-state index in [0.29, 0.717) is 0 Å². The first-order valence-corrected chi connectivity index (χ1v) is 6.70. The lowest BCUT2D eigenvalue weighted by Gasteiger charge is -2.33. The molecule has 1 rings (SSSR count). The van der Waals surface area contributed by atoms with E-state index in [1.54, 1.807) is 0 Å². The third-order valence-electron chi connectivity index (χ3n) is 3.49. The molecule has 1 aliphatic rings. The first-order valence-electron chi connectivity index (χ1n) is 5.79. The zero-order valence-corrected chi connectivity index (χ0v) is 10.8. The fourth-order valence-corrected chi connectivity index (χ4v) is 3.02. The predicted octanol–water partition coefficient (Wildman–Crippen LogP) is 4.62. The number of hydrogen-bond donors (Lipinski definition) is 0. The van der Waals surface area contributed by atoms with Crippen molar-refractivity contribution in [1.29, 1.82) is 0 Å². The van der Waals surface area contributed by atoms with Gasteiger partial charge in [0.1, 0.15) is 0 Å².